The average molecular weight is 986 g/mol. The van der Waals surface area contributed by atoms with Crippen LogP contribution in [0, 0.1) is 0 Å². The molecule has 2 rings (SSSR count). The molecule has 0 saturated carbocycles. The third-order valence-electron chi connectivity index (χ3n) is 10.7. The van der Waals surface area contributed by atoms with Gasteiger partial charge in [-0.25, -0.2) is 4.98 Å². The molecule has 19 nitrogen and oxygen atoms in total. The van der Waals surface area contributed by atoms with Crippen molar-refractivity contribution in [2.75, 3.05) is 13.1 Å². The Bertz CT molecular complexity index is 1750. The summed E-state index contributed by atoms with van der Waals surface area (Å²) in [6.45, 7) is 16.2. The lowest BCUT2D eigenvalue weighted by molar-refractivity contribution is -0.135. The molecule has 0 aliphatic heterocycles. The van der Waals surface area contributed by atoms with Gasteiger partial charge in [0.2, 0.25) is 41.4 Å². The third kappa shape index (κ3) is 30.0. The summed E-state index contributed by atoms with van der Waals surface area (Å²) in [6, 6.07) is 1.10. The smallest absolute Gasteiger partial charge is 0.244 e. The number of benzene rings is 1. The SMILES string of the molecule is CC.CC.CC.CCCCCCCCCCCCCCCC(=O)N[C@@H](CC(C)=O)C(=O)NC(C)C(=O)N[C@@H](Cc1cnc[nH]1)C(=O)NC(CN)C(=O)N[C@@H](Cc1ccccc1)C(=O)NC(CN)C(N)=O. The van der Waals surface area contributed by atoms with Crippen LogP contribution in [0.2, 0.25) is 0 Å². The number of aromatic amines is 1. The molecule has 3 unspecified atom stereocenters. The van der Waals surface area contributed by atoms with Gasteiger partial charge in [0.15, 0.2) is 0 Å². The summed E-state index contributed by atoms with van der Waals surface area (Å²) in [6.07, 6.45) is 17.7. The van der Waals surface area contributed by atoms with E-state index in [1.807, 2.05) is 41.5 Å². The number of carbonyl (C=O) groups excluding carboxylic acids is 8. The first-order chi connectivity index (χ1) is 33.7. The largest absolute Gasteiger partial charge is 0.368 e. The number of rotatable bonds is 34. The van der Waals surface area contributed by atoms with Crippen LogP contribution in [-0.2, 0) is 51.2 Å². The van der Waals surface area contributed by atoms with Crippen molar-refractivity contribution in [3.05, 3.63) is 54.1 Å². The molecule has 6 atom stereocenters. The van der Waals surface area contributed by atoms with Gasteiger partial charge in [-0.05, 0) is 25.8 Å². The molecule has 1 heterocycles. The minimum atomic E-state index is -1.39. The van der Waals surface area contributed by atoms with Gasteiger partial charge in [0.25, 0.3) is 0 Å². The third-order valence-corrected chi connectivity index (χ3v) is 10.7. The number of hydrogen-bond acceptors (Lipinski definition) is 11. The summed E-state index contributed by atoms with van der Waals surface area (Å²) < 4.78 is 0. The number of nitrogens with two attached hydrogens (primary N) is 3. The summed E-state index contributed by atoms with van der Waals surface area (Å²) in [5.74, 6) is -5.56. The summed E-state index contributed by atoms with van der Waals surface area (Å²) in [5, 5.41) is 15.3. The molecule has 0 radical (unpaired) electrons. The molecular formula is C51H91N11O8. The Hall–Kier alpha value is -5.69. The lowest BCUT2D eigenvalue weighted by Crippen LogP contribution is -2.61. The van der Waals surface area contributed by atoms with E-state index < -0.39 is 78.2 Å². The molecule has 0 aliphatic carbocycles. The van der Waals surface area contributed by atoms with Crippen LogP contribution in [0.3, 0.4) is 0 Å². The number of imidazole rings is 1. The van der Waals surface area contributed by atoms with Crippen LogP contribution in [0.5, 0.6) is 0 Å². The first-order valence-corrected chi connectivity index (χ1v) is 25.7. The van der Waals surface area contributed by atoms with Crippen LogP contribution in [0.25, 0.3) is 0 Å². The fraction of sp³-hybridized carbons (Fsp3) is 0.667. The van der Waals surface area contributed by atoms with E-state index in [-0.39, 0.29) is 43.9 Å². The molecule has 19 heteroatoms. The summed E-state index contributed by atoms with van der Waals surface area (Å²) in [5.41, 5.74) is 18.0. The van der Waals surface area contributed by atoms with Crippen LogP contribution >= 0.6 is 0 Å². The molecule has 0 aliphatic rings. The van der Waals surface area contributed by atoms with E-state index in [2.05, 4.69) is 48.8 Å². The highest BCUT2D eigenvalue weighted by Crippen LogP contribution is 2.13. The van der Waals surface area contributed by atoms with Gasteiger partial charge in [-0.3, -0.25) is 38.4 Å². The zero-order valence-electron chi connectivity index (χ0n) is 43.9. The standard InChI is InChI=1S/C45H73N11O8.3C2H6/c1-4-5-6-7-8-9-10-11-12-13-14-15-19-22-39(58)52-34(23-30(2)57)42(61)51-31(3)41(60)53-36(25-33-28-49-29-50-33)44(63)56-38(27-47)45(64)54-35(24-32-20-17-16-18-21-32)43(62)55-37(26-46)40(48)59;3*1-2/h16-18,20-21,28-29,31,34-38H,4-15,19,22-27,46-47H2,1-3H3,(H2,48,59)(H,49,50)(H,51,61)(H,52,58)(H,53,60)(H,54,64)(H,55,62)(H,56,63);3*1-2H3/t31?,34-,35-,36-,37?,38?;;;/m0.../s1. The van der Waals surface area contributed by atoms with Gasteiger partial charge >= 0.3 is 0 Å². The molecule has 398 valence electrons. The maximum Gasteiger partial charge on any atom is 0.244 e. The predicted octanol–water partition coefficient (Wildman–Crippen LogP) is 4.07. The van der Waals surface area contributed by atoms with E-state index in [1.165, 1.54) is 84.2 Å². The molecule has 70 heavy (non-hydrogen) atoms. The number of ketones is 1. The lowest BCUT2D eigenvalue weighted by atomic mass is 10.0. The Labute approximate surface area is 418 Å². The van der Waals surface area contributed by atoms with Crippen molar-refractivity contribution >= 4 is 47.1 Å². The summed E-state index contributed by atoms with van der Waals surface area (Å²) in [7, 11) is 0. The van der Waals surface area contributed by atoms with Crippen LogP contribution in [0.15, 0.2) is 42.9 Å². The number of unbranched alkanes of at least 4 members (excludes halogenated alkanes) is 12. The van der Waals surface area contributed by atoms with Crippen molar-refractivity contribution < 1.29 is 38.4 Å². The minimum absolute atomic E-state index is 0.00174. The number of primary amides is 1. The molecule has 1 aromatic heterocycles. The highest BCUT2D eigenvalue weighted by atomic mass is 16.2. The van der Waals surface area contributed by atoms with Crippen molar-refractivity contribution in [2.24, 2.45) is 17.2 Å². The van der Waals surface area contributed by atoms with Crippen LogP contribution in [-0.4, -0.2) is 106 Å². The lowest BCUT2D eigenvalue weighted by Gasteiger charge is -2.26. The summed E-state index contributed by atoms with van der Waals surface area (Å²) in [4.78, 5) is 111. The van der Waals surface area contributed by atoms with Gasteiger partial charge in [-0.15, -0.1) is 0 Å². The average Bonchev–Trinajstić information content (AvgIpc) is 3.88. The van der Waals surface area contributed by atoms with Crippen molar-refractivity contribution in [3.63, 3.8) is 0 Å². The van der Waals surface area contributed by atoms with Crippen LogP contribution < -0.4 is 49.1 Å². The highest BCUT2D eigenvalue weighted by molar-refractivity contribution is 5.98. The number of nitrogens with zero attached hydrogens (tertiary/aromatic N) is 1. The zero-order chi connectivity index (χ0) is 53.3. The second-order valence-electron chi connectivity index (χ2n) is 16.3. The van der Waals surface area contributed by atoms with Crippen LogP contribution in [0.1, 0.15) is 170 Å². The topological polar surface area (TPSA) is 315 Å². The first-order valence-electron chi connectivity index (χ1n) is 25.7. The molecule has 2 aromatic rings. The van der Waals surface area contributed by atoms with Crippen molar-refractivity contribution in [3.8, 4) is 0 Å². The molecule has 0 bridgehead atoms. The van der Waals surface area contributed by atoms with Gasteiger partial charge < -0.3 is 54.1 Å². The van der Waals surface area contributed by atoms with Crippen LogP contribution in [0.4, 0.5) is 0 Å². The van der Waals surface area contributed by atoms with E-state index in [4.69, 9.17) is 17.2 Å². The fourth-order valence-electron chi connectivity index (χ4n) is 6.92. The minimum Gasteiger partial charge on any atom is -0.368 e. The maximum absolute atomic E-state index is 13.8. The Kier molecular flexibility index (Phi) is 40.0. The second kappa shape index (κ2) is 42.2. The van der Waals surface area contributed by atoms with Gasteiger partial charge in [-0.2, -0.15) is 0 Å². The van der Waals surface area contributed by atoms with Gasteiger partial charge in [0.05, 0.1) is 6.33 Å². The fourth-order valence-corrected chi connectivity index (χ4v) is 6.92. The van der Waals surface area contributed by atoms with E-state index in [0.29, 0.717) is 17.7 Å². The number of Topliss-reactive ketones (excluding diaryl/α,β-unsaturated/α-hetero) is 1. The van der Waals surface area contributed by atoms with E-state index in [9.17, 15) is 38.4 Å². The van der Waals surface area contributed by atoms with E-state index in [0.717, 1.165) is 19.3 Å². The Morgan fingerprint density at radius 2 is 1.00 bits per heavy atom. The normalized spacial score (nSPS) is 12.9. The molecule has 13 N–H and O–H groups in total. The zero-order valence-corrected chi connectivity index (χ0v) is 43.9. The maximum atomic E-state index is 13.8. The molecule has 0 fully saturated rings. The molecule has 0 saturated heterocycles. The first kappa shape index (κ1) is 66.4. The monoisotopic (exact) mass is 986 g/mol. The van der Waals surface area contributed by atoms with Crippen molar-refractivity contribution in [2.45, 2.75) is 208 Å². The van der Waals surface area contributed by atoms with Gasteiger partial charge in [-0.1, -0.05) is 156 Å². The van der Waals surface area contributed by atoms with E-state index >= 15 is 0 Å². The second-order valence-corrected chi connectivity index (χ2v) is 16.3. The number of H-pyrrole nitrogens is 1. The summed E-state index contributed by atoms with van der Waals surface area (Å²) >= 11 is 0. The number of hydrogen-bond donors (Lipinski definition) is 10. The van der Waals surface area contributed by atoms with Gasteiger partial charge in [0.1, 0.15) is 42.0 Å². The van der Waals surface area contributed by atoms with Crippen molar-refractivity contribution in [1.82, 2.24) is 41.9 Å². The molecule has 7 amide bonds. The Morgan fingerprint density at radius 1 is 0.557 bits per heavy atom. The molecular weight excluding hydrogens is 895 g/mol. The van der Waals surface area contributed by atoms with E-state index in [1.54, 1.807) is 30.3 Å². The highest BCUT2D eigenvalue weighted by Gasteiger charge is 2.32. The van der Waals surface area contributed by atoms with Crippen molar-refractivity contribution in [1.29, 1.82) is 0 Å². The predicted molar refractivity (Wildman–Crippen MR) is 277 cm³/mol. The number of carbonyl (C=O) groups is 8. The quantitative estimate of drug-likeness (QED) is 0.0446. The molecule has 1 aromatic carbocycles. The Balaban J connectivity index is 0. The number of aromatic nitrogens is 2. The Morgan fingerprint density at radius 3 is 1.47 bits per heavy atom. The van der Waals surface area contributed by atoms with Gasteiger partial charge in [0, 0.05) is 50.7 Å². The number of amides is 7. The number of nitrogens with one attached hydrogen (secondary N) is 7. The molecule has 0 spiro atoms.